The number of carbonyl (C=O) groups excluding carboxylic acids is 2. The summed E-state index contributed by atoms with van der Waals surface area (Å²) in [5, 5.41) is 20.4. The van der Waals surface area contributed by atoms with Gasteiger partial charge < -0.3 is 15.1 Å². The number of ketones is 1. The summed E-state index contributed by atoms with van der Waals surface area (Å²) in [5.74, 6) is -2.06. The minimum Gasteiger partial charge on any atom is -0.508 e. The number of halogens is 1. The molecule has 1 aliphatic rings. The number of aliphatic hydroxyl groups excluding tert-OH is 1. The SMILES string of the molecule is O=C1C(=O)N(CCc2ccc(O)cc2)C(c2ccc(F)cc2)C1=C(O)c1ccccc1. The van der Waals surface area contributed by atoms with E-state index in [0.29, 0.717) is 17.5 Å². The monoisotopic (exact) mass is 417 g/mol. The number of likely N-dealkylation sites (tertiary alicyclic amines) is 1. The molecule has 1 atom stereocenters. The van der Waals surface area contributed by atoms with E-state index >= 15 is 0 Å². The number of hydrogen-bond donors (Lipinski definition) is 2. The van der Waals surface area contributed by atoms with E-state index in [1.165, 1.54) is 29.2 Å². The lowest BCUT2D eigenvalue weighted by atomic mass is 9.95. The molecule has 0 saturated carbocycles. The number of Topliss-reactive ketones (excluding diaryl/α,β-unsaturated/α-hetero) is 1. The van der Waals surface area contributed by atoms with Crippen molar-refractivity contribution in [2.75, 3.05) is 6.54 Å². The fourth-order valence-corrected chi connectivity index (χ4v) is 3.77. The first-order valence-corrected chi connectivity index (χ1v) is 9.83. The van der Waals surface area contributed by atoms with Gasteiger partial charge in [0.15, 0.2) is 0 Å². The lowest BCUT2D eigenvalue weighted by molar-refractivity contribution is -0.139. The van der Waals surface area contributed by atoms with Crippen molar-refractivity contribution in [2.45, 2.75) is 12.5 Å². The fourth-order valence-electron chi connectivity index (χ4n) is 3.77. The van der Waals surface area contributed by atoms with Gasteiger partial charge in [0, 0.05) is 12.1 Å². The molecule has 1 unspecified atom stereocenters. The van der Waals surface area contributed by atoms with Crippen molar-refractivity contribution < 1.29 is 24.2 Å². The summed E-state index contributed by atoms with van der Waals surface area (Å²) in [6, 6.07) is 19.8. The molecule has 2 N–H and O–H groups in total. The summed E-state index contributed by atoms with van der Waals surface area (Å²) in [6.45, 7) is 0.211. The third-order valence-corrected chi connectivity index (χ3v) is 5.35. The van der Waals surface area contributed by atoms with E-state index < -0.39 is 23.5 Å². The number of nitrogens with zero attached hydrogens (tertiary/aromatic N) is 1. The van der Waals surface area contributed by atoms with Gasteiger partial charge in [0.05, 0.1) is 11.6 Å². The third kappa shape index (κ3) is 4.05. The van der Waals surface area contributed by atoms with Gasteiger partial charge in [-0.15, -0.1) is 0 Å². The third-order valence-electron chi connectivity index (χ3n) is 5.35. The molecule has 0 bridgehead atoms. The standard InChI is InChI=1S/C25H20FNO4/c26-19-10-8-17(9-11-19)22-21(23(29)18-4-2-1-3-5-18)24(30)25(31)27(22)15-14-16-6-12-20(28)13-7-16/h1-13,22,28-29H,14-15H2. The first kappa shape index (κ1) is 20.3. The largest absolute Gasteiger partial charge is 0.508 e. The molecule has 1 fully saturated rings. The predicted octanol–water partition coefficient (Wildman–Crippen LogP) is 4.20. The second-order valence-electron chi connectivity index (χ2n) is 7.33. The molecule has 31 heavy (non-hydrogen) atoms. The summed E-state index contributed by atoms with van der Waals surface area (Å²) >= 11 is 0. The summed E-state index contributed by atoms with van der Waals surface area (Å²) in [7, 11) is 0. The van der Waals surface area contributed by atoms with Crippen molar-refractivity contribution in [3.63, 3.8) is 0 Å². The molecule has 6 heteroatoms. The van der Waals surface area contributed by atoms with Gasteiger partial charge in [-0.25, -0.2) is 4.39 Å². The summed E-state index contributed by atoms with van der Waals surface area (Å²) in [6.07, 6.45) is 0.441. The van der Waals surface area contributed by atoms with E-state index in [2.05, 4.69) is 0 Å². The van der Waals surface area contributed by atoms with Gasteiger partial charge in [0.25, 0.3) is 11.7 Å². The van der Waals surface area contributed by atoms with Gasteiger partial charge in [0.1, 0.15) is 17.3 Å². The summed E-state index contributed by atoms with van der Waals surface area (Å²) in [5.41, 5.74) is 1.81. The van der Waals surface area contributed by atoms with Gasteiger partial charge in [-0.1, -0.05) is 54.6 Å². The predicted molar refractivity (Wildman–Crippen MR) is 114 cm³/mol. The van der Waals surface area contributed by atoms with Crippen LogP contribution < -0.4 is 0 Å². The second kappa shape index (κ2) is 8.44. The zero-order chi connectivity index (χ0) is 22.0. The van der Waals surface area contributed by atoms with Crippen LogP contribution in [0, 0.1) is 5.82 Å². The number of carbonyl (C=O) groups is 2. The Bertz CT molecular complexity index is 1140. The highest BCUT2D eigenvalue weighted by atomic mass is 19.1. The molecule has 0 aliphatic carbocycles. The van der Waals surface area contributed by atoms with Crippen LogP contribution in [-0.2, 0) is 16.0 Å². The highest BCUT2D eigenvalue weighted by molar-refractivity contribution is 6.46. The maximum atomic E-state index is 13.5. The Labute approximate surface area is 178 Å². The lowest BCUT2D eigenvalue weighted by Gasteiger charge is -2.25. The van der Waals surface area contributed by atoms with Crippen LogP contribution in [0.2, 0.25) is 0 Å². The van der Waals surface area contributed by atoms with Gasteiger partial charge in [0.2, 0.25) is 0 Å². The molecule has 3 aromatic rings. The van der Waals surface area contributed by atoms with E-state index in [1.54, 1.807) is 54.6 Å². The van der Waals surface area contributed by atoms with E-state index in [9.17, 15) is 24.2 Å². The normalized spacial score (nSPS) is 17.8. The van der Waals surface area contributed by atoms with E-state index in [4.69, 9.17) is 0 Å². The minimum absolute atomic E-state index is 0.0199. The van der Waals surface area contributed by atoms with Gasteiger partial charge in [-0.2, -0.15) is 0 Å². The van der Waals surface area contributed by atoms with Crippen LogP contribution in [-0.4, -0.2) is 33.3 Å². The highest BCUT2D eigenvalue weighted by Gasteiger charge is 2.45. The molecule has 156 valence electrons. The van der Waals surface area contributed by atoms with E-state index in [-0.39, 0.29) is 23.6 Å². The Balaban J connectivity index is 1.75. The lowest BCUT2D eigenvalue weighted by Crippen LogP contribution is -2.31. The summed E-state index contributed by atoms with van der Waals surface area (Å²) in [4.78, 5) is 27.2. The Morgan fingerprint density at radius 3 is 2.19 bits per heavy atom. The van der Waals surface area contributed by atoms with Gasteiger partial charge >= 0.3 is 0 Å². The molecular weight excluding hydrogens is 397 g/mol. The van der Waals surface area contributed by atoms with Crippen LogP contribution in [0.5, 0.6) is 5.75 Å². The molecule has 5 nitrogen and oxygen atoms in total. The highest BCUT2D eigenvalue weighted by Crippen LogP contribution is 2.39. The number of rotatable bonds is 5. The molecule has 1 saturated heterocycles. The van der Waals surface area contributed by atoms with Crippen LogP contribution in [0.3, 0.4) is 0 Å². The number of benzene rings is 3. The summed E-state index contributed by atoms with van der Waals surface area (Å²) < 4.78 is 13.5. The Morgan fingerprint density at radius 1 is 0.903 bits per heavy atom. The Hall–Kier alpha value is -3.93. The van der Waals surface area contributed by atoms with Crippen LogP contribution in [0.1, 0.15) is 22.7 Å². The van der Waals surface area contributed by atoms with Gasteiger partial charge in [-0.3, -0.25) is 9.59 Å². The quantitative estimate of drug-likeness (QED) is 0.371. The number of amides is 1. The average molecular weight is 417 g/mol. The molecular formula is C25H20FNO4. The van der Waals surface area contributed by atoms with Crippen LogP contribution in [0.25, 0.3) is 5.76 Å². The molecule has 0 radical (unpaired) electrons. The smallest absolute Gasteiger partial charge is 0.295 e. The zero-order valence-corrected chi connectivity index (χ0v) is 16.5. The zero-order valence-electron chi connectivity index (χ0n) is 16.5. The van der Waals surface area contributed by atoms with E-state index in [1.807, 2.05) is 0 Å². The Kier molecular flexibility index (Phi) is 5.54. The second-order valence-corrected chi connectivity index (χ2v) is 7.33. The molecule has 1 heterocycles. The maximum Gasteiger partial charge on any atom is 0.295 e. The molecule has 4 rings (SSSR count). The minimum atomic E-state index is -0.835. The number of phenolic OH excluding ortho intramolecular Hbond substituents is 1. The van der Waals surface area contributed by atoms with Crippen molar-refractivity contribution in [1.82, 2.24) is 4.90 Å². The average Bonchev–Trinajstić information content (AvgIpc) is 3.04. The Morgan fingerprint density at radius 2 is 1.55 bits per heavy atom. The number of aromatic hydroxyl groups is 1. The van der Waals surface area contributed by atoms with Crippen molar-refractivity contribution >= 4 is 17.4 Å². The first-order chi connectivity index (χ1) is 15.0. The van der Waals surface area contributed by atoms with E-state index in [0.717, 1.165) is 5.56 Å². The fraction of sp³-hybridized carbons (Fsp3) is 0.120. The molecule has 3 aromatic carbocycles. The number of aliphatic hydroxyl groups is 1. The molecule has 1 amide bonds. The molecule has 1 aliphatic heterocycles. The van der Waals surface area contributed by atoms with Crippen molar-refractivity contribution in [3.05, 3.63) is 107 Å². The molecule has 0 aromatic heterocycles. The van der Waals surface area contributed by atoms with Crippen LogP contribution >= 0.6 is 0 Å². The van der Waals surface area contributed by atoms with Gasteiger partial charge in [-0.05, 0) is 41.8 Å². The molecule has 0 spiro atoms. The van der Waals surface area contributed by atoms with Crippen molar-refractivity contribution in [3.8, 4) is 5.75 Å². The number of hydrogen-bond acceptors (Lipinski definition) is 4. The maximum absolute atomic E-state index is 13.5. The van der Waals surface area contributed by atoms with Crippen LogP contribution in [0.4, 0.5) is 4.39 Å². The first-order valence-electron chi connectivity index (χ1n) is 9.83. The topological polar surface area (TPSA) is 77.8 Å². The number of phenols is 1. The van der Waals surface area contributed by atoms with Crippen molar-refractivity contribution in [1.29, 1.82) is 0 Å². The van der Waals surface area contributed by atoms with Crippen LogP contribution in [0.15, 0.2) is 84.4 Å². The van der Waals surface area contributed by atoms with Crippen molar-refractivity contribution in [2.24, 2.45) is 0 Å².